The van der Waals surface area contributed by atoms with E-state index in [1.807, 2.05) is 32.9 Å². The average Bonchev–Trinajstić information content (AvgIpc) is 2.52. The number of anilines is 1. The Kier molecular flexibility index (Phi) is 6.50. The summed E-state index contributed by atoms with van der Waals surface area (Å²) >= 11 is 0. The summed E-state index contributed by atoms with van der Waals surface area (Å²) in [7, 11) is 0. The highest BCUT2D eigenvalue weighted by molar-refractivity contribution is 5.93. The highest BCUT2D eigenvalue weighted by Gasteiger charge is 2.16. The standard InChI is InChI=1S/C21H25FN2O2/c1-14-10-15(2)21(16(3)11-14)24(17(4)25)9-8-23-20(26)13-18-6-5-7-19(22)12-18/h5-7,10-12H,8-9,13H2,1-4H3,(H,23,26). The second-order valence-electron chi connectivity index (χ2n) is 6.57. The van der Waals surface area contributed by atoms with E-state index in [0.717, 1.165) is 22.4 Å². The van der Waals surface area contributed by atoms with E-state index in [1.54, 1.807) is 17.0 Å². The van der Waals surface area contributed by atoms with Gasteiger partial charge in [-0.05, 0) is 49.6 Å². The fourth-order valence-corrected chi connectivity index (χ4v) is 3.23. The van der Waals surface area contributed by atoms with E-state index >= 15 is 0 Å². The van der Waals surface area contributed by atoms with E-state index in [9.17, 15) is 14.0 Å². The van der Waals surface area contributed by atoms with Crippen LogP contribution in [-0.4, -0.2) is 24.9 Å². The summed E-state index contributed by atoms with van der Waals surface area (Å²) in [5.41, 5.74) is 4.72. The quantitative estimate of drug-likeness (QED) is 0.862. The zero-order valence-electron chi connectivity index (χ0n) is 15.7. The molecule has 26 heavy (non-hydrogen) atoms. The second-order valence-corrected chi connectivity index (χ2v) is 6.57. The van der Waals surface area contributed by atoms with Crippen LogP contribution >= 0.6 is 0 Å². The van der Waals surface area contributed by atoms with E-state index in [1.165, 1.54) is 19.1 Å². The first-order chi connectivity index (χ1) is 12.3. The van der Waals surface area contributed by atoms with Gasteiger partial charge in [-0.25, -0.2) is 4.39 Å². The summed E-state index contributed by atoms with van der Waals surface area (Å²) in [4.78, 5) is 25.8. The van der Waals surface area contributed by atoms with Crippen molar-refractivity contribution in [2.45, 2.75) is 34.1 Å². The molecular weight excluding hydrogens is 331 g/mol. The molecule has 2 aromatic rings. The molecule has 2 rings (SSSR count). The molecular formula is C21H25FN2O2. The van der Waals surface area contributed by atoms with Crippen LogP contribution in [0.3, 0.4) is 0 Å². The first-order valence-corrected chi connectivity index (χ1v) is 8.65. The zero-order valence-corrected chi connectivity index (χ0v) is 15.7. The van der Waals surface area contributed by atoms with Gasteiger partial charge in [-0.15, -0.1) is 0 Å². The van der Waals surface area contributed by atoms with Crippen LogP contribution < -0.4 is 10.2 Å². The number of halogens is 1. The first-order valence-electron chi connectivity index (χ1n) is 8.65. The normalized spacial score (nSPS) is 10.5. The Balaban J connectivity index is 1.99. The number of benzene rings is 2. The van der Waals surface area contributed by atoms with E-state index in [4.69, 9.17) is 0 Å². The third-order valence-corrected chi connectivity index (χ3v) is 4.20. The molecule has 0 aromatic heterocycles. The monoisotopic (exact) mass is 356 g/mol. The molecule has 0 aliphatic heterocycles. The van der Waals surface area contributed by atoms with Gasteiger partial charge in [-0.2, -0.15) is 0 Å². The van der Waals surface area contributed by atoms with Gasteiger partial charge in [0, 0.05) is 25.7 Å². The summed E-state index contributed by atoms with van der Waals surface area (Å²) in [6.45, 7) is 8.22. The molecule has 0 unspecified atom stereocenters. The maximum Gasteiger partial charge on any atom is 0.224 e. The van der Waals surface area contributed by atoms with Gasteiger partial charge >= 0.3 is 0 Å². The smallest absolute Gasteiger partial charge is 0.224 e. The molecule has 138 valence electrons. The van der Waals surface area contributed by atoms with E-state index in [0.29, 0.717) is 18.7 Å². The van der Waals surface area contributed by atoms with Gasteiger partial charge in [-0.3, -0.25) is 9.59 Å². The Morgan fingerprint density at radius 1 is 1.08 bits per heavy atom. The van der Waals surface area contributed by atoms with Crippen LogP contribution in [0.1, 0.15) is 29.2 Å². The number of amides is 2. The molecule has 2 aromatic carbocycles. The van der Waals surface area contributed by atoms with Gasteiger partial charge in [-0.1, -0.05) is 29.8 Å². The highest BCUT2D eigenvalue weighted by atomic mass is 19.1. The predicted octanol–water partition coefficient (Wildman–Crippen LogP) is 3.46. The number of carbonyl (C=O) groups is 2. The minimum absolute atomic E-state index is 0.0700. The number of nitrogens with one attached hydrogen (secondary N) is 1. The topological polar surface area (TPSA) is 49.4 Å². The molecule has 4 nitrogen and oxygen atoms in total. The Bertz CT molecular complexity index is 794. The first kappa shape index (κ1) is 19.6. The molecule has 0 aliphatic carbocycles. The van der Waals surface area contributed by atoms with Crippen molar-refractivity contribution in [3.05, 3.63) is 64.5 Å². The molecule has 0 saturated carbocycles. The lowest BCUT2D eigenvalue weighted by Gasteiger charge is -2.25. The van der Waals surface area contributed by atoms with Crippen LogP contribution in [0.4, 0.5) is 10.1 Å². The summed E-state index contributed by atoms with van der Waals surface area (Å²) < 4.78 is 13.2. The molecule has 5 heteroatoms. The minimum atomic E-state index is -0.358. The Morgan fingerprint density at radius 3 is 2.31 bits per heavy atom. The summed E-state index contributed by atoms with van der Waals surface area (Å²) in [5.74, 6) is -0.626. The maximum absolute atomic E-state index is 13.2. The van der Waals surface area contributed by atoms with Crippen molar-refractivity contribution in [3.8, 4) is 0 Å². The van der Waals surface area contributed by atoms with Crippen molar-refractivity contribution in [2.75, 3.05) is 18.0 Å². The highest BCUT2D eigenvalue weighted by Crippen LogP contribution is 2.26. The van der Waals surface area contributed by atoms with Gasteiger partial charge < -0.3 is 10.2 Å². The van der Waals surface area contributed by atoms with E-state index in [-0.39, 0.29) is 24.1 Å². The number of aryl methyl sites for hydroxylation is 3. The van der Waals surface area contributed by atoms with Crippen molar-refractivity contribution in [1.82, 2.24) is 5.32 Å². The molecule has 0 saturated heterocycles. The van der Waals surface area contributed by atoms with Crippen molar-refractivity contribution >= 4 is 17.5 Å². The van der Waals surface area contributed by atoms with Crippen molar-refractivity contribution in [3.63, 3.8) is 0 Å². The van der Waals surface area contributed by atoms with Crippen LogP contribution in [0.15, 0.2) is 36.4 Å². The third-order valence-electron chi connectivity index (χ3n) is 4.20. The van der Waals surface area contributed by atoms with Gasteiger partial charge in [0.15, 0.2) is 0 Å². The number of carbonyl (C=O) groups excluding carboxylic acids is 2. The molecule has 0 heterocycles. The molecule has 0 aliphatic rings. The second kappa shape index (κ2) is 8.61. The largest absolute Gasteiger partial charge is 0.354 e. The van der Waals surface area contributed by atoms with Gasteiger partial charge in [0.1, 0.15) is 5.82 Å². The summed E-state index contributed by atoms with van der Waals surface area (Å²) in [6.07, 6.45) is 0.112. The SMILES string of the molecule is CC(=O)N(CCNC(=O)Cc1cccc(F)c1)c1c(C)cc(C)cc1C. The average molecular weight is 356 g/mol. The lowest BCUT2D eigenvalue weighted by Crippen LogP contribution is -2.38. The van der Waals surface area contributed by atoms with Crippen LogP contribution in [0.2, 0.25) is 0 Å². The number of hydrogen-bond acceptors (Lipinski definition) is 2. The molecule has 0 radical (unpaired) electrons. The Labute approximate surface area is 154 Å². The fraction of sp³-hybridized carbons (Fsp3) is 0.333. The number of nitrogens with zero attached hydrogens (tertiary/aromatic N) is 1. The maximum atomic E-state index is 13.2. The number of rotatable bonds is 6. The van der Waals surface area contributed by atoms with Crippen LogP contribution in [0.25, 0.3) is 0 Å². The van der Waals surface area contributed by atoms with E-state index in [2.05, 4.69) is 5.32 Å². The Hall–Kier alpha value is -2.69. The van der Waals surface area contributed by atoms with Crippen molar-refractivity contribution in [2.24, 2.45) is 0 Å². The van der Waals surface area contributed by atoms with Gasteiger partial charge in [0.25, 0.3) is 0 Å². The molecule has 1 N–H and O–H groups in total. The van der Waals surface area contributed by atoms with Crippen molar-refractivity contribution < 1.29 is 14.0 Å². The van der Waals surface area contributed by atoms with Gasteiger partial charge in [0.2, 0.25) is 11.8 Å². The number of hydrogen-bond donors (Lipinski definition) is 1. The zero-order chi connectivity index (χ0) is 19.3. The lowest BCUT2D eigenvalue weighted by molar-refractivity contribution is -0.121. The molecule has 2 amide bonds. The predicted molar refractivity (Wildman–Crippen MR) is 102 cm³/mol. The lowest BCUT2D eigenvalue weighted by atomic mass is 10.0. The molecule has 0 bridgehead atoms. The molecule has 0 spiro atoms. The fourth-order valence-electron chi connectivity index (χ4n) is 3.23. The van der Waals surface area contributed by atoms with Gasteiger partial charge in [0.05, 0.1) is 6.42 Å². The molecule has 0 fully saturated rings. The molecule has 0 atom stereocenters. The van der Waals surface area contributed by atoms with Crippen LogP contribution in [0, 0.1) is 26.6 Å². The van der Waals surface area contributed by atoms with E-state index < -0.39 is 0 Å². The summed E-state index contributed by atoms with van der Waals surface area (Å²) in [6, 6.07) is 10.1. The van der Waals surface area contributed by atoms with Crippen molar-refractivity contribution in [1.29, 1.82) is 0 Å². The Morgan fingerprint density at radius 2 is 1.73 bits per heavy atom. The van der Waals surface area contributed by atoms with Crippen LogP contribution in [0.5, 0.6) is 0 Å². The third kappa shape index (κ3) is 5.15. The minimum Gasteiger partial charge on any atom is -0.354 e. The summed E-state index contributed by atoms with van der Waals surface area (Å²) in [5, 5.41) is 2.80. The van der Waals surface area contributed by atoms with Crippen LogP contribution in [-0.2, 0) is 16.0 Å².